The van der Waals surface area contributed by atoms with Gasteiger partial charge in [-0.15, -0.1) is 0 Å². The number of likely N-dealkylation sites (tertiary alicyclic amines) is 1. The van der Waals surface area contributed by atoms with Gasteiger partial charge in [-0.05, 0) is 43.5 Å². The minimum Gasteiger partial charge on any atom is -0.465 e. The molecule has 4 rings (SSSR count). The molecule has 1 saturated heterocycles. The van der Waals surface area contributed by atoms with Gasteiger partial charge < -0.3 is 19.8 Å². The van der Waals surface area contributed by atoms with Crippen molar-refractivity contribution >= 4 is 6.09 Å². The van der Waals surface area contributed by atoms with E-state index in [2.05, 4.69) is 32.5 Å². The van der Waals surface area contributed by atoms with Gasteiger partial charge in [-0.1, -0.05) is 65.8 Å². The van der Waals surface area contributed by atoms with Crippen molar-refractivity contribution in [2.75, 3.05) is 19.6 Å². The molecule has 7 nitrogen and oxygen atoms in total. The Bertz CT molecular complexity index is 953. The van der Waals surface area contributed by atoms with Crippen LogP contribution in [0, 0.1) is 0 Å². The van der Waals surface area contributed by atoms with Crippen LogP contribution < -0.4 is 5.32 Å². The molecule has 2 N–H and O–H groups in total. The summed E-state index contributed by atoms with van der Waals surface area (Å²) in [7, 11) is 0. The summed E-state index contributed by atoms with van der Waals surface area (Å²) in [6.45, 7) is 2.72. The topological polar surface area (TPSA) is 91.5 Å². The lowest BCUT2D eigenvalue weighted by atomic mass is 9.96. The first-order valence-electron chi connectivity index (χ1n) is 10.8. The summed E-state index contributed by atoms with van der Waals surface area (Å²) >= 11 is 0. The van der Waals surface area contributed by atoms with Gasteiger partial charge in [-0.2, -0.15) is 4.98 Å². The second kappa shape index (κ2) is 10.2. The van der Waals surface area contributed by atoms with E-state index >= 15 is 0 Å². The Morgan fingerprint density at radius 3 is 2.45 bits per heavy atom. The van der Waals surface area contributed by atoms with Crippen molar-refractivity contribution in [3.05, 3.63) is 83.5 Å². The molecule has 1 fully saturated rings. The highest BCUT2D eigenvalue weighted by Crippen LogP contribution is 2.28. The molecule has 2 heterocycles. The molecule has 0 bridgehead atoms. The van der Waals surface area contributed by atoms with Crippen LogP contribution in [-0.2, 0) is 6.42 Å². The molecule has 7 heteroatoms. The van der Waals surface area contributed by atoms with E-state index in [9.17, 15) is 9.90 Å². The Kier molecular flexibility index (Phi) is 6.94. The molecular formula is C24H28N4O3. The number of hydrogen-bond donors (Lipinski definition) is 2. The van der Waals surface area contributed by atoms with E-state index in [1.54, 1.807) is 0 Å². The van der Waals surface area contributed by atoms with Crippen LogP contribution in [0.4, 0.5) is 4.79 Å². The first kappa shape index (κ1) is 21.1. The number of rotatable bonds is 8. The molecule has 1 aliphatic rings. The normalized spacial score (nSPS) is 16.1. The van der Waals surface area contributed by atoms with Crippen LogP contribution in [0.2, 0.25) is 0 Å². The highest BCUT2D eigenvalue weighted by atomic mass is 16.5. The van der Waals surface area contributed by atoms with Gasteiger partial charge in [0.25, 0.3) is 0 Å². The molecule has 1 atom stereocenters. The third-order valence-electron chi connectivity index (χ3n) is 5.86. The predicted octanol–water partition coefficient (Wildman–Crippen LogP) is 4.24. The predicted molar refractivity (Wildman–Crippen MR) is 117 cm³/mol. The van der Waals surface area contributed by atoms with Gasteiger partial charge in [0.15, 0.2) is 5.82 Å². The van der Waals surface area contributed by atoms with Crippen LogP contribution in [0.3, 0.4) is 0 Å². The lowest BCUT2D eigenvalue weighted by Crippen LogP contribution is -2.36. The molecule has 1 aromatic heterocycles. The largest absolute Gasteiger partial charge is 0.465 e. The molecule has 31 heavy (non-hydrogen) atoms. The fourth-order valence-corrected chi connectivity index (χ4v) is 4.16. The van der Waals surface area contributed by atoms with E-state index in [0.29, 0.717) is 6.42 Å². The monoisotopic (exact) mass is 420 g/mol. The Morgan fingerprint density at radius 2 is 1.77 bits per heavy atom. The summed E-state index contributed by atoms with van der Waals surface area (Å²) in [6, 6.07) is 19.7. The molecule has 0 saturated carbocycles. The summed E-state index contributed by atoms with van der Waals surface area (Å²) in [4.78, 5) is 18.2. The summed E-state index contributed by atoms with van der Waals surface area (Å²) in [5, 5.41) is 16.0. The zero-order valence-electron chi connectivity index (χ0n) is 17.5. The third-order valence-corrected chi connectivity index (χ3v) is 5.86. The minimum absolute atomic E-state index is 0.201. The molecular weight excluding hydrogens is 392 g/mol. The lowest BCUT2D eigenvalue weighted by molar-refractivity contribution is 0.175. The van der Waals surface area contributed by atoms with Crippen LogP contribution in [0.1, 0.15) is 54.1 Å². The van der Waals surface area contributed by atoms with Crippen LogP contribution in [0.5, 0.6) is 0 Å². The average molecular weight is 421 g/mol. The zero-order chi connectivity index (χ0) is 21.5. The molecule has 1 amide bonds. The average Bonchev–Trinajstić information content (AvgIpc) is 3.26. The molecule has 2 aromatic carbocycles. The maximum Gasteiger partial charge on any atom is 0.405 e. The number of amides is 1. The van der Waals surface area contributed by atoms with Crippen molar-refractivity contribution in [2.45, 2.75) is 37.6 Å². The van der Waals surface area contributed by atoms with Gasteiger partial charge >= 0.3 is 6.09 Å². The molecule has 1 aliphatic heterocycles. The van der Waals surface area contributed by atoms with Crippen molar-refractivity contribution in [1.29, 1.82) is 0 Å². The van der Waals surface area contributed by atoms with Crippen molar-refractivity contribution in [3.63, 3.8) is 0 Å². The first-order chi connectivity index (χ1) is 15.2. The fraction of sp³-hybridized carbons (Fsp3) is 0.375. The van der Waals surface area contributed by atoms with Gasteiger partial charge in [0.1, 0.15) is 0 Å². The van der Waals surface area contributed by atoms with Crippen LogP contribution >= 0.6 is 0 Å². The Labute approximate surface area is 182 Å². The third kappa shape index (κ3) is 5.92. The number of nitrogens with one attached hydrogen (secondary N) is 1. The second-order valence-corrected chi connectivity index (χ2v) is 8.03. The number of carbonyl (C=O) groups is 1. The van der Waals surface area contributed by atoms with E-state index in [0.717, 1.165) is 56.2 Å². The van der Waals surface area contributed by atoms with Crippen molar-refractivity contribution in [1.82, 2.24) is 20.4 Å². The summed E-state index contributed by atoms with van der Waals surface area (Å²) in [5.41, 5.74) is 2.17. The molecule has 162 valence electrons. The maximum absolute atomic E-state index is 11.2. The Balaban J connectivity index is 1.27. The smallest absolute Gasteiger partial charge is 0.405 e. The molecule has 0 radical (unpaired) electrons. The minimum atomic E-state index is -0.990. The standard InChI is InChI=1S/C24H28N4O3/c29-24(30)25-21(19-9-5-2-6-10-19)13-16-28-14-11-20(12-15-28)23-26-22(27-31-23)17-18-7-3-1-4-8-18/h1-10,20-21,25H,11-17H2,(H,29,30). The Morgan fingerprint density at radius 1 is 1.10 bits per heavy atom. The summed E-state index contributed by atoms with van der Waals surface area (Å²) < 4.78 is 5.56. The van der Waals surface area contributed by atoms with Gasteiger partial charge in [0.05, 0.1) is 6.04 Å². The molecule has 0 aliphatic carbocycles. The van der Waals surface area contributed by atoms with Crippen molar-refractivity contribution in [3.8, 4) is 0 Å². The van der Waals surface area contributed by atoms with Crippen molar-refractivity contribution in [2.24, 2.45) is 0 Å². The SMILES string of the molecule is O=C(O)NC(CCN1CCC(c2nc(Cc3ccccc3)no2)CC1)c1ccccc1. The highest BCUT2D eigenvalue weighted by molar-refractivity contribution is 5.65. The number of benzene rings is 2. The zero-order valence-corrected chi connectivity index (χ0v) is 17.5. The second-order valence-electron chi connectivity index (χ2n) is 8.03. The maximum atomic E-state index is 11.2. The molecule has 1 unspecified atom stereocenters. The van der Waals surface area contributed by atoms with E-state index < -0.39 is 6.09 Å². The van der Waals surface area contributed by atoms with E-state index in [-0.39, 0.29) is 12.0 Å². The first-order valence-corrected chi connectivity index (χ1v) is 10.8. The van der Waals surface area contributed by atoms with Gasteiger partial charge in [-0.25, -0.2) is 4.79 Å². The number of aromatic nitrogens is 2. The van der Waals surface area contributed by atoms with Crippen LogP contribution in [0.25, 0.3) is 0 Å². The fourth-order valence-electron chi connectivity index (χ4n) is 4.16. The van der Waals surface area contributed by atoms with E-state index in [1.807, 2.05) is 48.5 Å². The van der Waals surface area contributed by atoms with E-state index in [1.165, 1.54) is 5.56 Å². The summed E-state index contributed by atoms with van der Waals surface area (Å²) in [5.74, 6) is 1.75. The number of nitrogens with zero attached hydrogens (tertiary/aromatic N) is 3. The van der Waals surface area contributed by atoms with Gasteiger partial charge in [-0.3, -0.25) is 0 Å². The quantitative estimate of drug-likeness (QED) is 0.566. The van der Waals surface area contributed by atoms with Crippen LogP contribution in [0.15, 0.2) is 65.2 Å². The highest BCUT2D eigenvalue weighted by Gasteiger charge is 2.26. The number of hydrogen-bond acceptors (Lipinski definition) is 5. The van der Waals surface area contributed by atoms with E-state index in [4.69, 9.17) is 4.52 Å². The number of piperidine rings is 1. The van der Waals surface area contributed by atoms with Crippen molar-refractivity contribution < 1.29 is 14.4 Å². The number of carboxylic acid groups (broad SMARTS) is 1. The molecule has 0 spiro atoms. The van der Waals surface area contributed by atoms with Crippen LogP contribution in [-0.4, -0.2) is 45.9 Å². The lowest BCUT2D eigenvalue weighted by Gasteiger charge is -2.31. The van der Waals surface area contributed by atoms with Gasteiger partial charge in [0.2, 0.25) is 5.89 Å². The van der Waals surface area contributed by atoms with Gasteiger partial charge in [0, 0.05) is 18.9 Å². The Hall–Kier alpha value is -3.19. The molecule has 3 aromatic rings. The summed E-state index contributed by atoms with van der Waals surface area (Å²) in [6.07, 6.45) is 2.36.